The van der Waals surface area contributed by atoms with Crippen molar-refractivity contribution in [1.29, 1.82) is 5.26 Å². The SMILES string of the molecule is Cc1ccc(-c2csc(/C(C#N)=N/Nc3cccc(C)c3)n2)cc1. The molecule has 0 aliphatic heterocycles. The van der Waals surface area contributed by atoms with Crippen molar-refractivity contribution in [2.75, 3.05) is 5.43 Å². The molecule has 0 amide bonds. The Balaban J connectivity index is 1.82. The molecule has 0 aliphatic carbocycles. The molecule has 3 rings (SSSR count). The van der Waals surface area contributed by atoms with E-state index < -0.39 is 0 Å². The van der Waals surface area contributed by atoms with Gasteiger partial charge in [0.1, 0.15) is 6.07 Å². The molecular weight excluding hydrogens is 316 g/mol. The third kappa shape index (κ3) is 3.67. The van der Waals surface area contributed by atoms with Crippen LogP contribution >= 0.6 is 11.3 Å². The van der Waals surface area contributed by atoms with Crippen LogP contribution in [0.15, 0.2) is 59.0 Å². The first-order valence-corrected chi connectivity index (χ1v) is 8.37. The van der Waals surface area contributed by atoms with Crippen molar-refractivity contribution in [3.8, 4) is 17.3 Å². The highest BCUT2D eigenvalue weighted by molar-refractivity contribution is 7.12. The molecule has 1 N–H and O–H groups in total. The summed E-state index contributed by atoms with van der Waals surface area (Å²) < 4.78 is 0. The number of thiazole rings is 1. The molecule has 118 valence electrons. The molecule has 0 spiro atoms. The Kier molecular flexibility index (Phi) is 4.69. The normalized spacial score (nSPS) is 11.1. The minimum Gasteiger partial charge on any atom is -0.277 e. The predicted molar refractivity (Wildman–Crippen MR) is 99.2 cm³/mol. The molecule has 0 saturated heterocycles. The molecule has 0 unspecified atom stereocenters. The Bertz CT molecular complexity index is 917. The second-order valence-corrected chi connectivity index (χ2v) is 6.32. The molecule has 0 radical (unpaired) electrons. The van der Waals surface area contributed by atoms with Crippen molar-refractivity contribution in [3.05, 3.63) is 70.0 Å². The van der Waals surface area contributed by atoms with Gasteiger partial charge >= 0.3 is 0 Å². The van der Waals surface area contributed by atoms with E-state index in [1.807, 2.05) is 67.8 Å². The van der Waals surface area contributed by atoms with Gasteiger partial charge in [0.15, 0.2) is 10.7 Å². The highest BCUT2D eigenvalue weighted by atomic mass is 32.1. The topological polar surface area (TPSA) is 61.1 Å². The third-order valence-corrected chi connectivity index (χ3v) is 4.32. The minimum absolute atomic E-state index is 0.278. The van der Waals surface area contributed by atoms with Crippen LogP contribution in [0.4, 0.5) is 5.69 Å². The van der Waals surface area contributed by atoms with Crippen molar-refractivity contribution in [2.24, 2.45) is 5.10 Å². The van der Waals surface area contributed by atoms with Crippen LogP contribution in [0.1, 0.15) is 16.1 Å². The van der Waals surface area contributed by atoms with Crippen molar-refractivity contribution < 1.29 is 0 Å². The largest absolute Gasteiger partial charge is 0.277 e. The third-order valence-electron chi connectivity index (χ3n) is 3.47. The quantitative estimate of drug-likeness (QED) is 0.553. The summed E-state index contributed by atoms with van der Waals surface area (Å²) in [6.45, 7) is 4.06. The average Bonchev–Trinajstić information content (AvgIpc) is 3.06. The van der Waals surface area contributed by atoms with E-state index in [0.717, 1.165) is 22.5 Å². The van der Waals surface area contributed by atoms with Gasteiger partial charge in [-0.2, -0.15) is 10.4 Å². The minimum atomic E-state index is 0.278. The Labute approximate surface area is 145 Å². The molecule has 0 saturated carbocycles. The molecule has 0 bridgehead atoms. The molecule has 2 aromatic carbocycles. The number of hydrazone groups is 1. The van der Waals surface area contributed by atoms with Gasteiger partial charge in [-0.3, -0.25) is 5.43 Å². The van der Waals surface area contributed by atoms with E-state index in [1.54, 1.807) is 0 Å². The maximum absolute atomic E-state index is 9.37. The summed E-state index contributed by atoms with van der Waals surface area (Å²) in [5.74, 6) is 0. The molecule has 4 nitrogen and oxygen atoms in total. The van der Waals surface area contributed by atoms with Crippen LogP contribution in [0.2, 0.25) is 0 Å². The molecule has 0 aliphatic rings. The molecule has 1 heterocycles. The van der Waals surface area contributed by atoms with Gasteiger partial charge in [0, 0.05) is 10.9 Å². The fraction of sp³-hybridized carbons (Fsp3) is 0.105. The number of nitriles is 1. The van der Waals surface area contributed by atoms with Crippen LogP contribution < -0.4 is 5.43 Å². The number of aromatic nitrogens is 1. The fourth-order valence-corrected chi connectivity index (χ4v) is 2.96. The van der Waals surface area contributed by atoms with Gasteiger partial charge in [0.25, 0.3) is 0 Å². The highest BCUT2D eigenvalue weighted by Crippen LogP contribution is 2.22. The maximum Gasteiger partial charge on any atom is 0.196 e. The monoisotopic (exact) mass is 332 g/mol. The van der Waals surface area contributed by atoms with Gasteiger partial charge in [0.05, 0.1) is 11.4 Å². The lowest BCUT2D eigenvalue weighted by atomic mass is 10.1. The standard InChI is InChI=1S/C19H16N4S/c1-13-6-8-15(9-7-13)18-12-24-19(21-18)17(11-20)23-22-16-5-3-4-14(2)10-16/h3-10,12,22H,1-2H3/b23-17+. The summed E-state index contributed by atoms with van der Waals surface area (Å²) in [5, 5.41) is 16.1. The Morgan fingerprint density at radius 1 is 1.12 bits per heavy atom. The first kappa shape index (κ1) is 15.9. The van der Waals surface area contributed by atoms with Gasteiger partial charge < -0.3 is 0 Å². The van der Waals surface area contributed by atoms with Crippen LogP contribution in [0.3, 0.4) is 0 Å². The smallest absolute Gasteiger partial charge is 0.196 e. The van der Waals surface area contributed by atoms with Crippen LogP contribution in [-0.2, 0) is 0 Å². The van der Waals surface area contributed by atoms with Crippen LogP contribution in [0, 0.1) is 25.2 Å². The molecule has 1 aromatic heterocycles. The predicted octanol–water partition coefficient (Wildman–Crippen LogP) is 4.77. The van der Waals surface area contributed by atoms with E-state index in [0.29, 0.717) is 5.01 Å². The van der Waals surface area contributed by atoms with Crippen molar-refractivity contribution in [1.82, 2.24) is 4.98 Å². The number of nitrogens with one attached hydrogen (secondary N) is 1. The number of aryl methyl sites for hydroxylation is 2. The summed E-state index contributed by atoms with van der Waals surface area (Å²) >= 11 is 1.42. The number of benzene rings is 2. The van der Waals surface area contributed by atoms with E-state index in [9.17, 15) is 5.26 Å². The fourth-order valence-electron chi connectivity index (χ4n) is 2.20. The number of nitrogens with zero attached hydrogens (tertiary/aromatic N) is 3. The van der Waals surface area contributed by atoms with E-state index in [4.69, 9.17) is 0 Å². The maximum atomic E-state index is 9.37. The van der Waals surface area contributed by atoms with Crippen LogP contribution in [0.5, 0.6) is 0 Å². The molecule has 24 heavy (non-hydrogen) atoms. The van der Waals surface area contributed by atoms with Crippen LogP contribution in [0.25, 0.3) is 11.3 Å². The Hall–Kier alpha value is -2.97. The summed E-state index contributed by atoms with van der Waals surface area (Å²) in [6.07, 6.45) is 0. The first-order valence-electron chi connectivity index (χ1n) is 7.49. The van der Waals surface area contributed by atoms with Gasteiger partial charge in [-0.1, -0.05) is 42.0 Å². The Morgan fingerprint density at radius 2 is 1.92 bits per heavy atom. The molecule has 5 heteroatoms. The van der Waals surface area contributed by atoms with Crippen molar-refractivity contribution in [2.45, 2.75) is 13.8 Å². The van der Waals surface area contributed by atoms with E-state index in [2.05, 4.69) is 21.6 Å². The zero-order valence-corrected chi connectivity index (χ0v) is 14.3. The number of hydrogen-bond donors (Lipinski definition) is 1. The molecular formula is C19H16N4S. The van der Waals surface area contributed by atoms with E-state index >= 15 is 0 Å². The second-order valence-electron chi connectivity index (χ2n) is 5.46. The lowest BCUT2D eigenvalue weighted by Gasteiger charge is -2.01. The van der Waals surface area contributed by atoms with Gasteiger partial charge in [-0.15, -0.1) is 11.3 Å². The van der Waals surface area contributed by atoms with E-state index in [-0.39, 0.29) is 5.71 Å². The number of rotatable bonds is 4. The zero-order chi connectivity index (χ0) is 16.9. The first-order chi connectivity index (χ1) is 11.7. The second kappa shape index (κ2) is 7.07. The van der Waals surface area contributed by atoms with Gasteiger partial charge in [-0.25, -0.2) is 4.98 Å². The van der Waals surface area contributed by atoms with Gasteiger partial charge in [0.2, 0.25) is 0 Å². The number of hydrogen-bond acceptors (Lipinski definition) is 5. The van der Waals surface area contributed by atoms with E-state index in [1.165, 1.54) is 16.9 Å². The lowest BCUT2D eigenvalue weighted by molar-refractivity contribution is 1.30. The molecule has 0 fully saturated rings. The summed E-state index contributed by atoms with van der Waals surface area (Å²) in [5.41, 5.74) is 8.27. The number of anilines is 1. The average molecular weight is 332 g/mol. The Morgan fingerprint density at radius 3 is 2.62 bits per heavy atom. The van der Waals surface area contributed by atoms with Crippen molar-refractivity contribution in [3.63, 3.8) is 0 Å². The van der Waals surface area contributed by atoms with Gasteiger partial charge in [-0.05, 0) is 31.5 Å². The summed E-state index contributed by atoms with van der Waals surface area (Å²) in [6, 6.07) is 18.1. The molecule has 3 aromatic rings. The molecule has 0 atom stereocenters. The zero-order valence-electron chi connectivity index (χ0n) is 13.4. The lowest BCUT2D eigenvalue weighted by Crippen LogP contribution is -2.01. The summed E-state index contributed by atoms with van der Waals surface area (Å²) in [4.78, 5) is 4.54. The summed E-state index contributed by atoms with van der Waals surface area (Å²) in [7, 11) is 0. The van der Waals surface area contributed by atoms with Crippen LogP contribution in [-0.4, -0.2) is 10.7 Å². The highest BCUT2D eigenvalue weighted by Gasteiger charge is 2.10. The van der Waals surface area contributed by atoms with Crippen molar-refractivity contribution >= 4 is 22.7 Å².